The van der Waals surface area contributed by atoms with Crippen molar-refractivity contribution < 1.29 is 23.8 Å². The highest BCUT2D eigenvalue weighted by molar-refractivity contribution is 5.95. The Bertz CT molecular complexity index is 1050. The second-order valence-electron chi connectivity index (χ2n) is 6.52. The van der Waals surface area contributed by atoms with E-state index >= 15 is 0 Å². The molecule has 9 heteroatoms. The highest BCUT2D eigenvalue weighted by Crippen LogP contribution is 2.38. The maximum atomic E-state index is 12.7. The van der Waals surface area contributed by atoms with E-state index in [2.05, 4.69) is 14.9 Å². The fourth-order valence-electron chi connectivity index (χ4n) is 3.16. The Morgan fingerprint density at radius 2 is 1.80 bits per heavy atom. The quantitative estimate of drug-likeness (QED) is 0.552. The number of methoxy groups -OCH3 is 2. The Morgan fingerprint density at radius 3 is 2.43 bits per heavy atom. The van der Waals surface area contributed by atoms with Gasteiger partial charge in [-0.2, -0.15) is 0 Å². The average molecular weight is 412 g/mol. The molecule has 0 unspecified atom stereocenters. The van der Waals surface area contributed by atoms with Crippen molar-refractivity contribution in [1.29, 1.82) is 0 Å². The molecule has 0 fully saturated rings. The zero-order chi connectivity index (χ0) is 21.7. The molecular formula is C21H24N4O5. The van der Waals surface area contributed by atoms with Gasteiger partial charge >= 0.3 is 0 Å². The number of amides is 2. The summed E-state index contributed by atoms with van der Waals surface area (Å²) in [7, 11) is 2.86. The Morgan fingerprint density at radius 1 is 1.13 bits per heavy atom. The monoisotopic (exact) mass is 412 g/mol. The Kier molecular flexibility index (Phi) is 6.41. The smallest absolute Gasteiger partial charge is 0.255 e. The molecule has 2 amide bonds. The Labute approximate surface area is 173 Å². The molecule has 3 rings (SSSR count). The van der Waals surface area contributed by atoms with Crippen LogP contribution in [0.5, 0.6) is 17.2 Å². The number of nitrogens with one attached hydrogen (secondary N) is 1. The SMILES string of the molecule is COc1cc(C(=O)NCCn2c(C)nc3ccccc32)cc(OC)c1OCC(N)=O. The van der Waals surface area contributed by atoms with Crippen LogP contribution in [-0.2, 0) is 11.3 Å². The molecule has 30 heavy (non-hydrogen) atoms. The molecule has 1 aromatic heterocycles. The molecule has 0 radical (unpaired) electrons. The predicted molar refractivity (Wildman–Crippen MR) is 111 cm³/mol. The molecule has 2 aromatic carbocycles. The number of carbonyl (C=O) groups is 2. The van der Waals surface area contributed by atoms with Crippen molar-refractivity contribution in [1.82, 2.24) is 14.9 Å². The van der Waals surface area contributed by atoms with Crippen LogP contribution >= 0.6 is 0 Å². The van der Waals surface area contributed by atoms with Crippen LogP contribution in [0.3, 0.4) is 0 Å². The van der Waals surface area contributed by atoms with Crippen molar-refractivity contribution in [2.24, 2.45) is 5.73 Å². The highest BCUT2D eigenvalue weighted by Gasteiger charge is 2.18. The Balaban J connectivity index is 1.73. The highest BCUT2D eigenvalue weighted by atomic mass is 16.5. The standard InChI is InChI=1S/C21H24N4O5/c1-13-24-15-6-4-5-7-16(15)25(13)9-8-23-21(27)14-10-17(28-2)20(18(11-14)29-3)30-12-19(22)26/h4-7,10-11H,8-9,12H2,1-3H3,(H2,22,26)(H,23,27). The lowest BCUT2D eigenvalue weighted by atomic mass is 10.1. The van der Waals surface area contributed by atoms with Gasteiger partial charge in [-0.25, -0.2) is 4.98 Å². The summed E-state index contributed by atoms with van der Waals surface area (Å²) >= 11 is 0. The fourth-order valence-corrected chi connectivity index (χ4v) is 3.16. The van der Waals surface area contributed by atoms with Crippen LogP contribution in [0, 0.1) is 6.92 Å². The largest absolute Gasteiger partial charge is 0.493 e. The van der Waals surface area contributed by atoms with Crippen molar-refractivity contribution in [2.45, 2.75) is 13.5 Å². The van der Waals surface area contributed by atoms with Crippen LogP contribution in [0.15, 0.2) is 36.4 Å². The second kappa shape index (κ2) is 9.17. The minimum Gasteiger partial charge on any atom is -0.493 e. The van der Waals surface area contributed by atoms with E-state index in [1.807, 2.05) is 31.2 Å². The number of aromatic nitrogens is 2. The lowest BCUT2D eigenvalue weighted by molar-refractivity contribution is -0.120. The number of ether oxygens (including phenoxy) is 3. The summed E-state index contributed by atoms with van der Waals surface area (Å²) in [4.78, 5) is 28.2. The molecule has 0 atom stereocenters. The number of fused-ring (bicyclic) bond motifs is 1. The van der Waals surface area contributed by atoms with Crippen molar-refractivity contribution in [2.75, 3.05) is 27.4 Å². The van der Waals surface area contributed by atoms with Crippen molar-refractivity contribution in [3.05, 3.63) is 47.8 Å². The topological polar surface area (TPSA) is 118 Å². The number of hydrogen-bond donors (Lipinski definition) is 2. The molecule has 9 nitrogen and oxygen atoms in total. The van der Waals surface area contributed by atoms with Crippen LogP contribution in [0.25, 0.3) is 11.0 Å². The lowest BCUT2D eigenvalue weighted by Crippen LogP contribution is -2.27. The maximum Gasteiger partial charge on any atom is 0.255 e. The van der Waals surface area contributed by atoms with E-state index in [1.165, 1.54) is 26.4 Å². The summed E-state index contributed by atoms with van der Waals surface area (Å²) < 4.78 is 18.0. The molecule has 3 aromatic rings. The lowest BCUT2D eigenvalue weighted by Gasteiger charge is -2.15. The molecule has 0 aliphatic rings. The van der Waals surface area contributed by atoms with E-state index in [9.17, 15) is 9.59 Å². The van der Waals surface area contributed by atoms with Crippen LogP contribution in [0.1, 0.15) is 16.2 Å². The number of primary amides is 1. The summed E-state index contributed by atoms with van der Waals surface area (Å²) in [5.74, 6) is 0.674. The molecule has 0 saturated carbocycles. The van der Waals surface area contributed by atoms with Gasteiger partial charge in [-0.1, -0.05) is 12.1 Å². The summed E-state index contributed by atoms with van der Waals surface area (Å²) in [6.07, 6.45) is 0. The van der Waals surface area contributed by atoms with E-state index in [0.29, 0.717) is 18.7 Å². The third-order valence-corrected chi connectivity index (χ3v) is 4.55. The van der Waals surface area contributed by atoms with Crippen LogP contribution in [0.4, 0.5) is 0 Å². The number of benzene rings is 2. The minimum absolute atomic E-state index is 0.205. The number of carbonyl (C=O) groups excluding carboxylic acids is 2. The average Bonchev–Trinajstić information content (AvgIpc) is 3.06. The van der Waals surface area contributed by atoms with Gasteiger partial charge < -0.3 is 29.8 Å². The van der Waals surface area contributed by atoms with Crippen molar-refractivity contribution in [3.63, 3.8) is 0 Å². The first-order valence-corrected chi connectivity index (χ1v) is 9.31. The number of nitrogens with two attached hydrogens (primary N) is 1. The molecule has 0 spiro atoms. The number of para-hydroxylation sites is 2. The second-order valence-corrected chi connectivity index (χ2v) is 6.52. The molecule has 1 heterocycles. The van der Waals surface area contributed by atoms with Crippen LogP contribution in [0.2, 0.25) is 0 Å². The first-order valence-electron chi connectivity index (χ1n) is 9.31. The van der Waals surface area contributed by atoms with Gasteiger partial charge in [0.25, 0.3) is 11.8 Å². The molecule has 0 saturated heterocycles. The van der Waals surface area contributed by atoms with Gasteiger partial charge in [0.15, 0.2) is 18.1 Å². The van der Waals surface area contributed by atoms with E-state index in [0.717, 1.165) is 16.9 Å². The van der Waals surface area contributed by atoms with Gasteiger partial charge in [0, 0.05) is 18.7 Å². The van der Waals surface area contributed by atoms with Crippen LogP contribution < -0.4 is 25.3 Å². The van der Waals surface area contributed by atoms with Gasteiger partial charge in [0.05, 0.1) is 25.3 Å². The van der Waals surface area contributed by atoms with Gasteiger partial charge in [-0.15, -0.1) is 0 Å². The molecule has 0 aliphatic heterocycles. The van der Waals surface area contributed by atoms with E-state index in [4.69, 9.17) is 19.9 Å². The summed E-state index contributed by atoms with van der Waals surface area (Å²) in [6.45, 7) is 2.58. The third kappa shape index (κ3) is 4.45. The van der Waals surface area contributed by atoms with Crippen LogP contribution in [-0.4, -0.2) is 48.7 Å². The number of rotatable bonds is 9. The number of imidazole rings is 1. The van der Waals surface area contributed by atoms with Gasteiger partial charge in [0.2, 0.25) is 5.75 Å². The first kappa shape index (κ1) is 21.0. The molecule has 0 bridgehead atoms. The zero-order valence-corrected chi connectivity index (χ0v) is 17.1. The fraction of sp³-hybridized carbons (Fsp3) is 0.286. The van der Waals surface area contributed by atoms with E-state index in [-0.39, 0.29) is 29.8 Å². The minimum atomic E-state index is -0.636. The van der Waals surface area contributed by atoms with Gasteiger partial charge in [0.1, 0.15) is 5.82 Å². The Hall–Kier alpha value is -3.75. The summed E-state index contributed by atoms with van der Waals surface area (Å²) in [5, 5.41) is 2.89. The predicted octanol–water partition coefficient (Wildman–Crippen LogP) is 1.66. The van der Waals surface area contributed by atoms with E-state index in [1.54, 1.807) is 0 Å². The van der Waals surface area contributed by atoms with Crippen molar-refractivity contribution in [3.8, 4) is 17.2 Å². The van der Waals surface area contributed by atoms with E-state index < -0.39 is 5.91 Å². The normalized spacial score (nSPS) is 10.6. The molecule has 0 aliphatic carbocycles. The number of aryl methyl sites for hydroxylation is 1. The maximum absolute atomic E-state index is 12.7. The number of nitrogens with zero attached hydrogens (tertiary/aromatic N) is 2. The molecule has 158 valence electrons. The summed E-state index contributed by atoms with van der Waals surface area (Å²) in [5.41, 5.74) is 7.40. The van der Waals surface area contributed by atoms with Crippen molar-refractivity contribution >= 4 is 22.8 Å². The third-order valence-electron chi connectivity index (χ3n) is 4.55. The van der Waals surface area contributed by atoms with Gasteiger partial charge in [-0.05, 0) is 31.2 Å². The molecular weight excluding hydrogens is 388 g/mol. The molecule has 3 N–H and O–H groups in total. The summed E-state index contributed by atoms with van der Waals surface area (Å²) in [6, 6.07) is 10.9. The number of hydrogen-bond acceptors (Lipinski definition) is 6. The van der Waals surface area contributed by atoms with Gasteiger partial charge in [-0.3, -0.25) is 9.59 Å². The zero-order valence-electron chi connectivity index (χ0n) is 17.1. The first-order chi connectivity index (χ1) is 14.4.